The van der Waals surface area contributed by atoms with Gasteiger partial charge in [-0.25, -0.2) is 0 Å². The van der Waals surface area contributed by atoms with Crippen molar-refractivity contribution in [1.82, 2.24) is 14.1 Å². The molecular weight excluding hydrogens is 897 g/mol. The molecule has 0 fully saturated rings. The van der Waals surface area contributed by atoms with Crippen LogP contribution in [-0.2, 0) is 6.42 Å². The van der Waals surface area contributed by atoms with E-state index >= 15 is 0 Å². The van der Waals surface area contributed by atoms with Gasteiger partial charge in [0.05, 0.1) is 22.1 Å². The largest absolute Gasteiger partial charge is 0.488 e. The first-order chi connectivity index (χ1) is 33.5. The fourth-order valence-electron chi connectivity index (χ4n) is 10.1. The van der Waals surface area contributed by atoms with E-state index in [-0.39, 0.29) is 0 Å². The average Bonchev–Trinajstić information content (AvgIpc) is 4.14. The molecule has 1 aliphatic rings. The molecular formula is C61H43BBrN3O2. The Morgan fingerprint density at radius 1 is 0.382 bits per heavy atom. The molecule has 0 aliphatic heterocycles. The normalized spacial score (nSPS) is 11.7. The second-order valence-electron chi connectivity index (χ2n) is 17.3. The third kappa shape index (κ3) is 7.38. The van der Waals surface area contributed by atoms with Crippen LogP contribution in [0.3, 0.4) is 0 Å². The van der Waals surface area contributed by atoms with Crippen molar-refractivity contribution < 1.29 is 10.0 Å². The summed E-state index contributed by atoms with van der Waals surface area (Å²) in [5.74, 6) is 0. The lowest BCUT2D eigenvalue weighted by Crippen LogP contribution is -2.29. The summed E-state index contributed by atoms with van der Waals surface area (Å²) in [6, 6.07) is 80.4. The van der Waals surface area contributed by atoms with Gasteiger partial charge in [0.1, 0.15) is 0 Å². The Kier molecular flexibility index (Phi) is 10.6. The molecule has 7 heteroatoms. The summed E-state index contributed by atoms with van der Waals surface area (Å²) >= 11 is 3.52. The summed E-state index contributed by atoms with van der Waals surface area (Å²) in [5.41, 5.74) is 17.9. The predicted molar refractivity (Wildman–Crippen MR) is 289 cm³/mol. The van der Waals surface area contributed by atoms with Gasteiger partial charge in [-0.2, -0.15) is 0 Å². The van der Waals surface area contributed by atoms with Gasteiger partial charge in [0, 0.05) is 59.2 Å². The van der Waals surface area contributed by atoms with E-state index in [9.17, 15) is 10.0 Å². The summed E-state index contributed by atoms with van der Waals surface area (Å²) < 4.78 is 5.71. The number of aromatic amines is 1. The van der Waals surface area contributed by atoms with Crippen LogP contribution in [0.25, 0.3) is 99.0 Å². The first-order valence-electron chi connectivity index (χ1n) is 22.9. The molecule has 13 aromatic rings. The number of benzene rings is 10. The zero-order chi connectivity index (χ0) is 45.7. The van der Waals surface area contributed by atoms with Gasteiger partial charge in [0.15, 0.2) is 0 Å². The van der Waals surface area contributed by atoms with Crippen molar-refractivity contribution in [3.05, 3.63) is 246 Å². The smallest absolute Gasteiger partial charge is 0.423 e. The van der Waals surface area contributed by atoms with Gasteiger partial charge in [-0.1, -0.05) is 162 Å². The van der Waals surface area contributed by atoms with E-state index in [1.165, 1.54) is 82.7 Å². The third-order valence-corrected chi connectivity index (χ3v) is 13.8. The van der Waals surface area contributed by atoms with E-state index in [0.29, 0.717) is 5.46 Å². The first-order valence-corrected chi connectivity index (χ1v) is 23.7. The van der Waals surface area contributed by atoms with Crippen LogP contribution in [0.4, 0.5) is 0 Å². The van der Waals surface area contributed by atoms with Gasteiger partial charge in [0.25, 0.3) is 0 Å². The number of rotatable bonds is 4. The molecule has 0 amide bonds. The molecule has 0 spiro atoms. The van der Waals surface area contributed by atoms with Gasteiger partial charge in [-0.15, -0.1) is 0 Å². The topological polar surface area (TPSA) is 66.1 Å². The fourth-order valence-corrected chi connectivity index (χ4v) is 10.5. The van der Waals surface area contributed by atoms with Crippen LogP contribution in [-0.4, -0.2) is 31.3 Å². The van der Waals surface area contributed by atoms with E-state index in [0.717, 1.165) is 38.4 Å². The highest BCUT2D eigenvalue weighted by Gasteiger charge is 2.19. The second kappa shape index (κ2) is 17.4. The number of nitrogens with one attached hydrogen (secondary N) is 1. The molecule has 3 aromatic heterocycles. The SMILES string of the molecule is Brc1ccc2c(c1)-c1ccccc1C2.OB(O)c1ccc2c(c1)c1ccccc1n2-c1ccccc1.c1ccc(-n2c3ccccc3c3cc(-c4ccc5[nH]c6ccccc6c5c4)ccc32)cc1. The zero-order valence-corrected chi connectivity index (χ0v) is 38.5. The molecule has 5 nitrogen and oxygen atoms in total. The monoisotopic (exact) mass is 939 g/mol. The molecule has 3 heterocycles. The van der Waals surface area contributed by atoms with Crippen molar-refractivity contribution in [1.29, 1.82) is 0 Å². The van der Waals surface area contributed by atoms with Gasteiger partial charge in [-0.05, 0) is 130 Å². The van der Waals surface area contributed by atoms with Crippen LogP contribution in [0, 0.1) is 0 Å². The Bertz CT molecular complexity index is 4000. The summed E-state index contributed by atoms with van der Waals surface area (Å²) in [4.78, 5) is 3.53. The molecule has 0 radical (unpaired) electrons. The molecule has 0 bridgehead atoms. The van der Waals surface area contributed by atoms with E-state index in [1.807, 2.05) is 42.5 Å². The lowest BCUT2D eigenvalue weighted by molar-refractivity contribution is 0.426. The van der Waals surface area contributed by atoms with Crippen molar-refractivity contribution in [3.8, 4) is 33.6 Å². The minimum Gasteiger partial charge on any atom is -0.423 e. The van der Waals surface area contributed by atoms with Crippen molar-refractivity contribution in [3.63, 3.8) is 0 Å². The molecule has 324 valence electrons. The Hall–Kier alpha value is -7.94. The molecule has 3 N–H and O–H groups in total. The van der Waals surface area contributed by atoms with E-state index in [4.69, 9.17) is 0 Å². The number of nitrogens with zero attached hydrogens (tertiary/aromatic N) is 2. The molecule has 14 rings (SSSR count). The number of halogens is 1. The molecule has 0 saturated heterocycles. The standard InChI is InChI=1S/C30H20N2.C18H14BNO2.C13H9Br/c1-2-8-22(9-3-1)32-29-13-7-5-11-24(29)26-19-21(15-17-30(26)32)20-14-16-28-25(18-20)23-10-4-6-12-27(23)31-28;21-19(22)13-10-11-18-16(12-13)15-8-4-5-9-17(15)20(18)14-6-2-1-3-7-14;14-11-6-5-10-7-9-3-1-2-4-12(9)13(10)8-11/h1-19,31H;1-12,21-22H;1-6,8H,7H2. The maximum absolute atomic E-state index is 9.43. The van der Waals surface area contributed by atoms with Crippen molar-refractivity contribution >= 4 is 93.9 Å². The lowest BCUT2D eigenvalue weighted by Gasteiger charge is -2.08. The van der Waals surface area contributed by atoms with Crippen molar-refractivity contribution in [2.24, 2.45) is 0 Å². The lowest BCUT2D eigenvalue weighted by atomic mass is 9.80. The molecule has 0 unspecified atom stereocenters. The van der Waals surface area contributed by atoms with Crippen LogP contribution in [0.2, 0.25) is 0 Å². The molecule has 10 aromatic carbocycles. The Morgan fingerprint density at radius 2 is 0.882 bits per heavy atom. The van der Waals surface area contributed by atoms with Crippen molar-refractivity contribution in [2.75, 3.05) is 0 Å². The number of para-hydroxylation sites is 5. The van der Waals surface area contributed by atoms with Crippen LogP contribution in [0.1, 0.15) is 11.1 Å². The second-order valence-corrected chi connectivity index (χ2v) is 18.2. The van der Waals surface area contributed by atoms with Crippen LogP contribution in [0.15, 0.2) is 235 Å². The number of hydrogen-bond donors (Lipinski definition) is 3. The van der Waals surface area contributed by atoms with E-state index in [1.54, 1.807) is 6.07 Å². The van der Waals surface area contributed by atoms with E-state index < -0.39 is 7.12 Å². The minimum atomic E-state index is -1.46. The number of aromatic nitrogens is 3. The highest BCUT2D eigenvalue weighted by atomic mass is 79.9. The minimum absolute atomic E-state index is 0.503. The average molecular weight is 941 g/mol. The van der Waals surface area contributed by atoms with Gasteiger partial charge >= 0.3 is 7.12 Å². The highest BCUT2D eigenvalue weighted by molar-refractivity contribution is 9.10. The van der Waals surface area contributed by atoms with E-state index in [2.05, 4.69) is 212 Å². The van der Waals surface area contributed by atoms with Crippen LogP contribution >= 0.6 is 15.9 Å². The molecule has 0 atom stereocenters. The molecule has 0 saturated carbocycles. The molecule has 1 aliphatic carbocycles. The number of fused-ring (bicyclic) bond motifs is 12. The first kappa shape index (κ1) is 41.5. The Morgan fingerprint density at radius 3 is 1.56 bits per heavy atom. The Labute approximate surface area is 402 Å². The molecule has 68 heavy (non-hydrogen) atoms. The van der Waals surface area contributed by atoms with Crippen LogP contribution < -0.4 is 5.46 Å². The third-order valence-electron chi connectivity index (χ3n) is 13.3. The Balaban J connectivity index is 0.000000115. The number of H-pyrrole nitrogens is 1. The number of hydrogen-bond acceptors (Lipinski definition) is 2. The summed E-state index contributed by atoms with van der Waals surface area (Å²) in [5, 5.41) is 26.1. The highest BCUT2D eigenvalue weighted by Crippen LogP contribution is 2.39. The van der Waals surface area contributed by atoms with Gasteiger partial charge in [-0.3, -0.25) is 0 Å². The van der Waals surface area contributed by atoms with Crippen LogP contribution in [0.5, 0.6) is 0 Å². The van der Waals surface area contributed by atoms with Gasteiger partial charge in [0.2, 0.25) is 0 Å². The summed E-state index contributed by atoms with van der Waals surface area (Å²) in [7, 11) is -1.46. The predicted octanol–water partition coefficient (Wildman–Crippen LogP) is 14.6. The quantitative estimate of drug-likeness (QED) is 0.154. The van der Waals surface area contributed by atoms with Crippen molar-refractivity contribution in [2.45, 2.75) is 6.42 Å². The maximum Gasteiger partial charge on any atom is 0.488 e. The summed E-state index contributed by atoms with van der Waals surface area (Å²) in [6.07, 6.45) is 1.08. The fraction of sp³-hybridized carbons (Fsp3) is 0.0164. The summed E-state index contributed by atoms with van der Waals surface area (Å²) in [6.45, 7) is 0. The maximum atomic E-state index is 9.43. The van der Waals surface area contributed by atoms with Gasteiger partial charge < -0.3 is 24.2 Å². The zero-order valence-electron chi connectivity index (χ0n) is 36.9.